The topological polar surface area (TPSA) is 102 Å². The number of fused-ring (bicyclic) bond motifs is 5. The molecule has 4 rings (SSSR count). The molecular formula is C24H36O7. The van der Waals surface area contributed by atoms with Gasteiger partial charge >= 0.3 is 11.9 Å². The molecule has 1 heterocycles. The molecule has 0 aromatic carbocycles. The summed E-state index contributed by atoms with van der Waals surface area (Å²) in [5.41, 5.74) is -0.203. The second kappa shape index (κ2) is 7.29. The van der Waals surface area contributed by atoms with Gasteiger partial charge in [0.05, 0.1) is 18.8 Å². The number of aliphatic hydroxyl groups is 2. The molecule has 7 nitrogen and oxygen atoms in total. The Morgan fingerprint density at radius 2 is 1.71 bits per heavy atom. The fourth-order valence-corrected chi connectivity index (χ4v) is 7.37. The summed E-state index contributed by atoms with van der Waals surface area (Å²) in [5.74, 6) is -1.45. The average Bonchev–Trinajstić information content (AvgIpc) is 2.60. The Morgan fingerprint density at radius 1 is 1.10 bits per heavy atom. The SMILES string of the molecule is CC(=O)O[C@H]1C[C@H]2[C@@H](O)[C@H]3[C@@](C)(CC[C@H]4OC[C@]43O)C[C@H](OC(C)=O)C(=C1C)C2(C)C. The zero-order valence-corrected chi connectivity index (χ0v) is 19.4. The Bertz CT molecular complexity index is 817. The van der Waals surface area contributed by atoms with Crippen molar-refractivity contribution in [3.8, 4) is 0 Å². The lowest BCUT2D eigenvalue weighted by Gasteiger charge is -2.64. The lowest BCUT2D eigenvalue weighted by molar-refractivity contribution is -0.323. The summed E-state index contributed by atoms with van der Waals surface area (Å²) in [5, 5.41) is 23.4. The summed E-state index contributed by atoms with van der Waals surface area (Å²) < 4.78 is 17.2. The van der Waals surface area contributed by atoms with E-state index in [-0.39, 0.29) is 30.6 Å². The zero-order valence-electron chi connectivity index (χ0n) is 19.4. The molecule has 3 fully saturated rings. The summed E-state index contributed by atoms with van der Waals surface area (Å²) in [4.78, 5) is 23.9. The second-order valence-electron chi connectivity index (χ2n) is 11.0. The molecule has 1 aliphatic heterocycles. The second-order valence-corrected chi connectivity index (χ2v) is 11.0. The molecule has 174 valence electrons. The van der Waals surface area contributed by atoms with Crippen molar-refractivity contribution < 1.29 is 34.0 Å². The smallest absolute Gasteiger partial charge is 0.303 e. The van der Waals surface area contributed by atoms with E-state index < -0.39 is 40.7 Å². The van der Waals surface area contributed by atoms with Crippen LogP contribution in [0.5, 0.6) is 0 Å². The normalized spacial score (nSPS) is 45.9. The van der Waals surface area contributed by atoms with Gasteiger partial charge in [-0.3, -0.25) is 9.59 Å². The maximum absolute atomic E-state index is 12.1. The van der Waals surface area contributed by atoms with Gasteiger partial charge in [-0.05, 0) is 60.5 Å². The number of hydrogen-bond donors (Lipinski definition) is 2. The Morgan fingerprint density at radius 3 is 2.26 bits per heavy atom. The minimum absolute atomic E-state index is 0.204. The third-order valence-corrected chi connectivity index (χ3v) is 8.68. The molecule has 2 N–H and O–H groups in total. The van der Waals surface area contributed by atoms with Gasteiger partial charge in [-0.2, -0.15) is 0 Å². The van der Waals surface area contributed by atoms with Crippen molar-refractivity contribution in [2.45, 2.75) is 97.2 Å². The first-order chi connectivity index (χ1) is 14.3. The van der Waals surface area contributed by atoms with Crippen molar-refractivity contribution in [3.05, 3.63) is 11.1 Å². The van der Waals surface area contributed by atoms with Crippen molar-refractivity contribution in [1.82, 2.24) is 0 Å². The largest absolute Gasteiger partial charge is 0.458 e. The lowest BCUT2D eigenvalue weighted by atomic mass is 9.47. The monoisotopic (exact) mass is 436 g/mol. The van der Waals surface area contributed by atoms with E-state index >= 15 is 0 Å². The van der Waals surface area contributed by atoms with Gasteiger partial charge in [0.15, 0.2) is 0 Å². The summed E-state index contributed by atoms with van der Waals surface area (Å²) in [6.45, 7) is 11.1. The molecule has 4 aliphatic rings. The van der Waals surface area contributed by atoms with Gasteiger partial charge in [-0.15, -0.1) is 0 Å². The van der Waals surface area contributed by atoms with E-state index in [1.807, 2.05) is 6.92 Å². The standard InChI is InChI=1S/C24H36O7/c1-12-16(30-13(2)25)9-15-20(27)21-23(6,8-7-18-24(21,28)11-29-18)10-17(31-14(3)26)19(12)22(15,4)5/h15-18,20-21,27-28H,7-11H2,1-6H3/t15-,16-,17-,18+,20+,21-,23-,24-/m0/s1. The number of rotatable bonds is 2. The van der Waals surface area contributed by atoms with Gasteiger partial charge in [-0.25, -0.2) is 0 Å². The number of carbonyl (C=O) groups is 2. The minimum atomic E-state index is -1.10. The Balaban J connectivity index is 1.88. The van der Waals surface area contributed by atoms with Crippen LogP contribution in [0, 0.1) is 22.7 Å². The molecule has 31 heavy (non-hydrogen) atoms. The van der Waals surface area contributed by atoms with Crippen molar-refractivity contribution in [3.63, 3.8) is 0 Å². The molecule has 2 saturated carbocycles. The molecule has 0 amide bonds. The van der Waals surface area contributed by atoms with E-state index in [9.17, 15) is 19.8 Å². The van der Waals surface area contributed by atoms with Crippen LogP contribution >= 0.6 is 0 Å². The molecule has 7 heteroatoms. The zero-order chi connectivity index (χ0) is 22.9. The van der Waals surface area contributed by atoms with Gasteiger partial charge < -0.3 is 24.4 Å². The van der Waals surface area contributed by atoms with Crippen LogP contribution in [-0.2, 0) is 23.8 Å². The van der Waals surface area contributed by atoms with Crippen LogP contribution in [0.15, 0.2) is 11.1 Å². The number of hydrogen-bond acceptors (Lipinski definition) is 7. The predicted molar refractivity (Wildman–Crippen MR) is 112 cm³/mol. The highest BCUT2D eigenvalue weighted by molar-refractivity contribution is 5.67. The summed E-state index contributed by atoms with van der Waals surface area (Å²) >= 11 is 0. The molecule has 0 spiro atoms. The molecule has 2 bridgehead atoms. The Kier molecular flexibility index (Phi) is 5.35. The third-order valence-electron chi connectivity index (χ3n) is 8.68. The van der Waals surface area contributed by atoms with Crippen LogP contribution in [0.25, 0.3) is 0 Å². The molecule has 0 aromatic heterocycles. The van der Waals surface area contributed by atoms with E-state index in [1.165, 1.54) is 13.8 Å². The summed E-state index contributed by atoms with van der Waals surface area (Å²) in [6.07, 6.45) is 0.361. The number of carbonyl (C=O) groups excluding carboxylic acids is 2. The van der Waals surface area contributed by atoms with Gasteiger partial charge in [0.25, 0.3) is 0 Å². The minimum Gasteiger partial charge on any atom is -0.458 e. The molecular weight excluding hydrogens is 400 g/mol. The lowest BCUT2D eigenvalue weighted by Crippen LogP contribution is -2.73. The summed E-state index contributed by atoms with van der Waals surface area (Å²) in [7, 11) is 0. The molecule has 0 aromatic rings. The van der Waals surface area contributed by atoms with E-state index in [0.717, 1.165) is 17.6 Å². The van der Waals surface area contributed by atoms with Crippen molar-refractivity contribution in [2.24, 2.45) is 22.7 Å². The van der Waals surface area contributed by atoms with Crippen molar-refractivity contribution in [2.75, 3.05) is 6.61 Å². The maximum atomic E-state index is 12.1. The first-order valence-electron chi connectivity index (χ1n) is 11.4. The Hall–Kier alpha value is -1.44. The van der Waals surface area contributed by atoms with Crippen LogP contribution in [-0.4, -0.2) is 58.8 Å². The molecule has 0 unspecified atom stereocenters. The van der Waals surface area contributed by atoms with E-state index in [2.05, 4.69) is 20.8 Å². The number of ether oxygens (including phenoxy) is 3. The van der Waals surface area contributed by atoms with E-state index in [0.29, 0.717) is 19.3 Å². The molecule has 1 saturated heterocycles. The van der Waals surface area contributed by atoms with Gasteiger partial charge in [-0.1, -0.05) is 20.8 Å². The van der Waals surface area contributed by atoms with Crippen LogP contribution in [0.3, 0.4) is 0 Å². The van der Waals surface area contributed by atoms with Gasteiger partial charge in [0, 0.05) is 19.8 Å². The molecule has 8 atom stereocenters. The average molecular weight is 437 g/mol. The van der Waals surface area contributed by atoms with Crippen LogP contribution in [0.2, 0.25) is 0 Å². The fraction of sp³-hybridized carbons (Fsp3) is 0.833. The highest BCUT2D eigenvalue weighted by Gasteiger charge is 2.67. The van der Waals surface area contributed by atoms with Crippen molar-refractivity contribution in [1.29, 1.82) is 0 Å². The highest BCUT2D eigenvalue weighted by Crippen LogP contribution is 2.62. The van der Waals surface area contributed by atoms with E-state index in [4.69, 9.17) is 14.2 Å². The van der Waals surface area contributed by atoms with Crippen LogP contribution in [0.4, 0.5) is 0 Å². The van der Waals surface area contributed by atoms with Gasteiger partial charge in [0.1, 0.15) is 17.8 Å². The predicted octanol–water partition coefficient (Wildman–Crippen LogP) is 2.52. The first kappa shape index (κ1) is 22.7. The summed E-state index contributed by atoms with van der Waals surface area (Å²) in [6, 6.07) is 0. The number of esters is 2. The molecule has 3 aliphatic carbocycles. The van der Waals surface area contributed by atoms with Crippen molar-refractivity contribution >= 4 is 11.9 Å². The van der Waals surface area contributed by atoms with Crippen LogP contribution in [0.1, 0.15) is 67.2 Å². The van der Waals surface area contributed by atoms with Gasteiger partial charge in [0.2, 0.25) is 0 Å². The third kappa shape index (κ3) is 3.35. The van der Waals surface area contributed by atoms with Crippen LogP contribution < -0.4 is 0 Å². The fourth-order valence-electron chi connectivity index (χ4n) is 7.37. The number of aliphatic hydroxyl groups excluding tert-OH is 1. The first-order valence-corrected chi connectivity index (χ1v) is 11.4. The maximum Gasteiger partial charge on any atom is 0.303 e. The Labute approximate surface area is 184 Å². The molecule has 0 radical (unpaired) electrons. The highest BCUT2D eigenvalue weighted by atomic mass is 16.6. The quantitative estimate of drug-likeness (QED) is 0.506. The van der Waals surface area contributed by atoms with E-state index in [1.54, 1.807) is 0 Å².